The van der Waals surface area contributed by atoms with Crippen LogP contribution in [-0.2, 0) is 13.0 Å². The van der Waals surface area contributed by atoms with E-state index in [0.29, 0.717) is 12.5 Å². The minimum Gasteiger partial charge on any atom is -0.497 e. The Bertz CT molecular complexity index is 791. The summed E-state index contributed by atoms with van der Waals surface area (Å²) in [6.07, 6.45) is 1.08. The highest BCUT2D eigenvalue weighted by Crippen LogP contribution is 2.25. The number of halogens is 1. The SMILES string of the molecule is COc1cccc(NC(N)=NCC(C)(C)N2CCc3ccccc3C2)c1.I. The summed E-state index contributed by atoms with van der Waals surface area (Å²) in [7, 11) is 1.65. The number of hydrogen-bond acceptors (Lipinski definition) is 3. The molecule has 0 bridgehead atoms. The Morgan fingerprint density at radius 1 is 1.19 bits per heavy atom. The van der Waals surface area contributed by atoms with E-state index in [4.69, 9.17) is 10.5 Å². The number of nitrogens with two attached hydrogens (primary N) is 1. The normalized spacial score (nSPS) is 14.9. The third-order valence-corrected chi connectivity index (χ3v) is 4.97. The number of anilines is 1. The number of hydrogen-bond donors (Lipinski definition) is 2. The van der Waals surface area contributed by atoms with Crippen LogP contribution in [0, 0.1) is 0 Å². The van der Waals surface area contributed by atoms with Gasteiger partial charge in [0, 0.05) is 30.4 Å². The van der Waals surface area contributed by atoms with Crippen molar-refractivity contribution in [3.05, 3.63) is 59.7 Å². The number of rotatable bonds is 5. The molecular weight excluding hydrogens is 451 g/mol. The smallest absolute Gasteiger partial charge is 0.193 e. The van der Waals surface area contributed by atoms with E-state index < -0.39 is 0 Å². The van der Waals surface area contributed by atoms with E-state index in [0.717, 1.165) is 30.9 Å². The van der Waals surface area contributed by atoms with Crippen LogP contribution in [0.25, 0.3) is 0 Å². The average Bonchev–Trinajstić information content (AvgIpc) is 2.66. The van der Waals surface area contributed by atoms with E-state index in [-0.39, 0.29) is 29.5 Å². The molecule has 0 unspecified atom stereocenters. The third kappa shape index (κ3) is 5.59. The van der Waals surface area contributed by atoms with Crippen LogP contribution in [-0.4, -0.2) is 36.6 Å². The van der Waals surface area contributed by atoms with Crippen LogP contribution in [0.4, 0.5) is 5.69 Å². The quantitative estimate of drug-likeness (QED) is 0.388. The first-order valence-electron chi connectivity index (χ1n) is 9.01. The molecule has 0 aliphatic carbocycles. The van der Waals surface area contributed by atoms with Crippen molar-refractivity contribution >= 4 is 35.6 Å². The number of benzene rings is 2. The standard InChI is InChI=1S/C21H28N4O.HI/c1-21(2,25-12-11-16-7-4-5-8-17(16)14-25)15-23-20(22)24-18-9-6-10-19(13-18)26-3;/h4-10,13H,11-12,14-15H2,1-3H3,(H3,22,23,24);1H. The topological polar surface area (TPSA) is 62.9 Å². The minimum absolute atomic E-state index is 0. The van der Waals surface area contributed by atoms with Gasteiger partial charge in [0.1, 0.15) is 5.75 Å². The summed E-state index contributed by atoms with van der Waals surface area (Å²) in [5.41, 5.74) is 9.77. The summed E-state index contributed by atoms with van der Waals surface area (Å²) in [4.78, 5) is 7.06. The molecule has 0 aromatic heterocycles. The molecule has 1 aliphatic rings. The molecule has 0 saturated heterocycles. The van der Waals surface area contributed by atoms with E-state index in [1.54, 1.807) is 7.11 Å². The van der Waals surface area contributed by atoms with Crippen molar-refractivity contribution in [2.24, 2.45) is 10.7 Å². The molecule has 6 heteroatoms. The Morgan fingerprint density at radius 2 is 1.93 bits per heavy atom. The zero-order chi connectivity index (χ0) is 18.6. The summed E-state index contributed by atoms with van der Waals surface area (Å²) < 4.78 is 5.23. The van der Waals surface area contributed by atoms with E-state index in [9.17, 15) is 0 Å². The van der Waals surface area contributed by atoms with E-state index in [1.165, 1.54) is 11.1 Å². The van der Waals surface area contributed by atoms with Gasteiger partial charge in [0.05, 0.1) is 13.7 Å². The van der Waals surface area contributed by atoms with E-state index >= 15 is 0 Å². The maximum absolute atomic E-state index is 6.09. The van der Waals surface area contributed by atoms with Gasteiger partial charge in [-0.25, -0.2) is 0 Å². The molecule has 27 heavy (non-hydrogen) atoms. The fraction of sp³-hybridized carbons (Fsp3) is 0.381. The van der Waals surface area contributed by atoms with Crippen molar-refractivity contribution in [1.29, 1.82) is 0 Å². The summed E-state index contributed by atoms with van der Waals surface area (Å²) in [6.45, 7) is 7.09. The number of aliphatic imine (C=N–C) groups is 1. The molecule has 0 fully saturated rings. The van der Waals surface area contributed by atoms with Gasteiger partial charge >= 0.3 is 0 Å². The number of fused-ring (bicyclic) bond motifs is 1. The molecule has 146 valence electrons. The average molecular weight is 480 g/mol. The highest BCUT2D eigenvalue weighted by molar-refractivity contribution is 14.0. The molecule has 0 saturated carbocycles. The highest BCUT2D eigenvalue weighted by atomic mass is 127. The fourth-order valence-corrected chi connectivity index (χ4v) is 3.28. The molecule has 3 N–H and O–H groups in total. The Hall–Kier alpha value is -1.80. The van der Waals surface area contributed by atoms with Gasteiger partial charge in [0.25, 0.3) is 0 Å². The summed E-state index contributed by atoms with van der Waals surface area (Å²) in [5.74, 6) is 1.21. The van der Waals surface area contributed by atoms with E-state index in [2.05, 4.69) is 53.3 Å². The maximum Gasteiger partial charge on any atom is 0.193 e. The van der Waals surface area contributed by atoms with Crippen molar-refractivity contribution < 1.29 is 4.74 Å². The van der Waals surface area contributed by atoms with Gasteiger partial charge in [0.2, 0.25) is 0 Å². The largest absolute Gasteiger partial charge is 0.497 e. The van der Waals surface area contributed by atoms with Crippen molar-refractivity contribution in [1.82, 2.24) is 4.90 Å². The van der Waals surface area contributed by atoms with Gasteiger partial charge in [-0.2, -0.15) is 0 Å². The predicted octanol–water partition coefficient (Wildman–Crippen LogP) is 3.88. The molecule has 2 aromatic carbocycles. The summed E-state index contributed by atoms with van der Waals surface area (Å²) in [5, 5.41) is 3.14. The molecular formula is C21H29IN4O. The van der Waals surface area contributed by atoms with Gasteiger partial charge in [0.15, 0.2) is 5.96 Å². The number of ether oxygens (including phenoxy) is 1. The lowest BCUT2D eigenvalue weighted by molar-refractivity contribution is 0.112. The fourth-order valence-electron chi connectivity index (χ4n) is 3.28. The lowest BCUT2D eigenvalue weighted by atomic mass is 9.94. The number of nitrogens with zero attached hydrogens (tertiary/aromatic N) is 2. The van der Waals surface area contributed by atoms with Crippen LogP contribution in [0.1, 0.15) is 25.0 Å². The molecule has 1 aliphatic heterocycles. The van der Waals surface area contributed by atoms with Crippen LogP contribution in [0.5, 0.6) is 5.75 Å². The Kier molecular flexibility index (Phi) is 7.49. The Balaban J connectivity index is 0.00000261. The zero-order valence-corrected chi connectivity index (χ0v) is 18.6. The van der Waals surface area contributed by atoms with E-state index in [1.807, 2.05) is 24.3 Å². The van der Waals surface area contributed by atoms with Gasteiger partial charge in [-0.1, -0.05) is 30.3 Å². The van der Waals surface area contributed by atoms with Gasteiger partial charge in [-0.3, -0.25) is 9.89 Å². The van der Waals surface area contributed by atoms with Crippen molar-refractivity contribution in [3.63, 3.8) is 0 Å². The van der Waals surface area contributed by atoms with Crippen LogP contribution in [0.15, 0.2) is 53.5 Å². The number of guanidine groups is 1. The van der Waals surface area contributed by atoms with Crippen LogP contribution >= 0.6 is 24.0 Å². The maximum atomic E-state index is 6.09. The second kappa shape index (κ2) is 9.41. The van der Waals surface area contributed by atoms with Crippen molar-refractivity contribution in [2.45, 2.75) is 32.4 Å². The second-order valence-corrected chi connectivity index (χ2v) is 7.31. The van der Waals surface area contributed by atoms with Gasteiger partial charge < -0.3 is 15.8 Å². The van der Waals surface area contributed by atoms with Crippen molar-refractivity contribution in [2.75, 3.05) is 25.5 Å². The molecule has 0 amide bonds. The van der Waals surface area contributed by atoms with Gasteiger partial charge in [-0.05, 0) is 43.5 Å². The molecule has 1 heterocycles. The van der Waals surface area contributed by atoms with Crippen LogP contribution in [0.2, 0.25) is 0 Å². The molecule has 5 nitrogen and oxygen atoms in total. The molecule has 3 rings (SSSR count). The van der Waals surface area contributed by atoms with Crippen molar-refractivity contribution in [3.8, 4) is 5.75 Å². The second-order valence-electron chi connectivity index (χ2n) is 7.31. The number of methoxy groups -OCH3 is 1. The van der Waals surface area contributed by atoms with Gasteiger partial charge in [-0.15, -0.1) is 24.0 Å². The van der Waals surface area contributed by atoms with Crippen LogP contribution in [0.3, 0.4) is 0 Å². The zero-order valence-electron chi connectivity index (χ0n) is 16.2. The van der Waals surface area contributed by atoms with Crippen LogP contribution < -0.4 is 15.8 Å². The first kappa shape index (κ1) is 21.5. The number of nitrogens with one attached hydrogen (secondary N) is 1. The lowest BCUT2D eigenvalue weighted by Gasteiger charge is -2.40. The highest BCUT2D eigenvalue weighted by Gasteiger charge is 2.29. The lowest BCUT2D eigenvalue weighted by Crippen LogP contribution is -2.49. The first-order valence-corrected chi connectivity index (χ1v) is 9.01. The predicted molar refractivity (Wildman–Crippen MR) is 123 cm³/mol. The monoisotopic (exact) mass is 480 g/mol. The third-order valence-electron chi connectivity index (χ3n) is 4.97. The molecule has 2 aromatic rings. The minimum atomic E-state index is -0.0613. The summed E-state index contributed by atoms with van der Waals surface area (Å²) in [6, 6.07) is 16.3. The Morgan fingerprint density at radius 3 is 2.67 bits per heavy atom. The first-order chi connectivity index (χ1) is 12.5. The molecule has 0 spiro atoms. The Labute approximate surface area is 179 Å². The summed E-state index contributed by atoms with van der Waals surface area (Å²) >= 11 is 0. The molecule has 0 radical (unpaired) electrons. The molecule has 0 atom stereocenters.